The Hall–Kier alpha value is -4.47. The molecule has 10 nitrogen and oxygen atoms in total. The van der Waals surface area contributed by atoms with E-state index in [1.54, 1.807) is 25.1 Å². The van der Waals surface area contributed by atoms with Crippen molar-refractivity contribution in [2.75, 3.05) is 12.4 Å². The van der Waals surface area contributed by atoms with Crippen LogP contribution in [0.5, 0.6) is 5.75 Å². The van der Waals surface area contributed by atoms with E-state index in [1.165, 1.54) is 31.4 Å². The highest BCUT2D eigenvalue weighted by molar-refractivity contribution is 6.09. The van der Waals surface area contributed by atoms with E-state index in [1.807, 2.05) is 6.07 Å². The molecule has 2 amide bonds. The molecule has 0 unspecified atom stereocenters. The number of methoxy groups -OCH3 is 1. The number of carbonyl (C=O) groups is 2. The Bertz CT molecular complexity index is 1310. The lowest BCUT2D eigenvalue weighted by atomic mass is 9.93. The molecule has 0 spiro atoms. The van der Waals surface area contributed by atoms with Crippen LogP contribution in [0.25, 0.3) is 0 Å². The van der Waals surface area contributed by atoms with Gasteiger partial charge in [-0.05, 0) is 37.5 Å². The van der Waals surface area contributed by atoms with Gasteiger partial charge in [-0.25, -0.2) is 5.43 Å². The van der Waals surface area contributed by atoms with Crippen molar-refractivity contribution in [1.82, 2.24) is 5.43 Å². The molecule has 35 heavy (non-hydrogen) atoms. The van der Waals surface area contributed by atoms with Crippen LogP contribution in [0.2, 0.25) is 0 Å². The average molecular weight is 476 g/mol. The van der Waals surface area contributed by atoms with Gasteiger partial charge in [0.2, 0.25) is 5.91 Å². The van der Waals surface area contributed by atoms with Crippen molar-refractivity contribution in [2.24, 2.45) is 5.10 Å². The van der Waals surface area contributed by atoms with E-state index in [2.05, 4.69) is 15.8 Å². The number of anilines is 1. The number of carbonyl (C=O) groups excluding carboxylic acids is 2. The zero-order valence-electron chi connectivity index (χ0n) is 19.3. The number of fused-ring (bicyclic) bond motifs is 1. The van der Waals surface area contributed by atoms with Crippen LogP contribution in [0.1, 0.15) is 45.8 Å². The Balaban J connectivity index is 1.49. The number of ether oxygens (including phenoxy) is 1. The van der Waals surface area contributed by atoms with Crippen LogP contribution in [0.3, 0.4) is 0 Å². The molecule has 2 aromatic carbocycles. The summed E-state index contributed by atoms with van der Waals surface area (Å²) >= 11 is 0. The second kappa shape index (κ2) is 10.2. The molecule has 3 aromatic rings. The molecule has 0 saturated heterocycles. The summed E-state index contributed by atoms with van der Waals surface area (Å²) in [7, 11) is 1.53. The molecule has 0 saturated carbocycles. The molecule has 1 aromatic heterocycles. The molecule has 0 aliphatic heterocycles. The predicted molar refractivity (Wildman–Crippen MR) is 129 cm³/mol. The lowest BCUT2D eigenvalue weighted by Crippen LogP contribution is -2.23. The van der Waals surface area contributed by atoms with Crippen molar-refractivity contribution < 1.29 is 23.7 Å². The van der Waals surface area contributed by atoms with Crippen LogP contribution < -0.4 is 15.5 Å². The maximum atomic E-state index is 13.0. The highest BCUT2D eigenvalue weighted by Gasteiger charge is 2.28. The van der Waals surface area contributed by atoms with E-state index in [0.717, 1.165) is 12.0 Å². The molecule has 4 rings (SSSR count). The van der Waals surface area contributed by atoms with Gasteiger partial charge in [0.25, 0.3) is 11.6 Å². The maximum Gasteiger partial charge on any atom is 0.291 e. The summed E-state index contributed by atoms with van der Waals surface area (Å²) in [6.45, 7) is 1.79. The molecule has 1 aliphatic rings. The first kappa shape index (κ1) is 23.7. The third-order valence-corrected chi connectivity index (χ3v) is 5.71. The minimum Gasteiger partial charge on any atom is -0.495 e. The molecule has 0 atom stereocenters. The van der Waals surface area contributed by atoms with Gasteiger partial charge >= 0.3 is 0 Å². The Morgan fingerprint density at radius 2 is 1.89 bits per heavy atom. The molecule has 1 heterocycles. The van der Waals surface area contributed by atoms with E-state index >= 15 is 0 Å². The summed E-state index contributed by atoms with van der Waals surface area (Å²) in [6, 6.07) is 12.9. The lowest BCUT2D eigenvalue weighted by molar-refractivity contribution is -0.384. The first-order valence-corrected chi connectivity index (χ1v) is 11.0. The van der Waals surface area contributed by atoms with E-state index in [-0.39, 0.29) is 23.8 Å². The molecular formula is C25H24N4O6. The Morgan fingerprint density at radius 1 is 1.14 bits per heavy atom. The number of furan rings is 1. The number of nitrogens with one attached hydrogen (secondary N) is 2. The monoisotopic (exact) mass is 476 g/mol. The van der Waals surface area contributed by atoms with Gasteiger partial charge in [0, 0.05) is 29.7 Å². The number of benzene rings is 2. The normalized spacial score (nSPS) is 13.7. The Kier molecular flexibility index (Phi) is 6.91. The number of nitrogens with zero attached hydrogens (tertiary/aromatic N) is 2. The zero-order valence-corrected chi connectivity index (χ0v) is 19.3. The van der Waals surface area contributed by atoms with Crippen LogP contribution in [0.15, 0.2) is 58.0 Å². The fourth-order valence-electron chi connectivity index (χ4n) is 4.01. The first-order chi connectivity index (χ1) is 16.9. The topological polar surface area (TPSA) is 136 Å². The number of hydrogen-bond donors (Lipinski definition) is 2. The summed E-state index contributed by atoms with van der Waals surface area (Å²) in [5.41, 5.74) is 5.70. The van der Waals surface area contributed by atoms with Crippen molar-refractivity contribution in [2.45, 2.75) is 32.6 Å². The van der Waals surface area contributed by atoms with Crippen molar-refractivity contribution in [3.63, 3.8) is 0 Å². The largest absolute Gasteiger partial charge is 0.495 e. The van der Waals surface area contributed by atoms with Crippen molar-refractivity contribution >= 4 is 28.9 Å². The number of hydrogen-bond acceptors (Lipinski definition) is 7. The van der Waals surface area contributed by atoms with Gasteiger partial charge in [-0.15, -0.1) is 0 Å². The summed E-state index contributed by atoms with van der Waals surface area (Å²) in [4.78, 5) is 35.6. The molecule has 0 fully saturated rings. The number of amides is 2. The van der Waals surface area contributed by atoms with Crippen molar-refractivity contribution in [3.8, 4) is 5.75 Å². The second-order valence-electron chi connectivity index (χ2n) is 8.06. The van der Waals surface area contributed by atoms with Gasteiger partial charge < -0.3 is 14.5 Å². The number of rotatable bonds is 7. The van der Waals surface area contributed by atoms with Crippen LogP contribution in [0.4, 0.5) is 11.4 Å². The van der Waals surface area contributed by atoms with Gasteiger partial charge in [-0.3, -0.25) is 19.7 Å². The van der Waals surface area contributed by atoms with E-state index < -0.39 is 10.8 Å². The van der Waals surface area contributed by atoms with Gasteiger partial charge in [-0.1, -0.05) is 24.3 Å². The third-order valence-electron chi connectivity index (χ3n) is 5.71. The Labute approximate surface area is 201 Å². The number of nitro groups is 1. The minimum absolute atomic E-state index is 0.0264. The highest BCUT2D eigenvalue weighted by atomic mass is 16.6. The maximum absolute atomic E-state index is 13.0. The quantitative estimate of drug-likeness (QED) is 0.388. The predicted octanol–water partition coefficient (Wildman–Crippen LogP) is 4.16. The molecule has 180 valence electrons. The molecule has 2 N–H and O–H groups in total. The van der Waals surface area contributed by atoms with Gasteiger partial charge in [0.15, 0.2) is 5.76 Å². The molecule has 1 aliphatic carbocycles. The number of aryl methyl sites for hydroxylation is 1. The zero-order chi connectivity index (χ0) is 24.9. The summed E-state index contributed by atoms with van der Waals surface area (Å²) in [5, 5.41) is 17.9. The third kappa shape index (κ3) is 5.21. The molecule has 10 heteroatoms. The summed E-state index contributed by atoms with van der Waals surface area (Å²) < 4.78 is 11.2. The number of hydrazone groups is 1. The average Bonchev–Trinajstić information content (AvgIpc) is 3.20. The van der Waals surface area contributed by atoms with Crippen LogP contribution in [-0.4, -0.2) is 29.6 Å². The van der Waals surface area contributed by atoms with Gasteiger partial charge in [-0.2, -0.15) is 5.10 Å². The van der Waals surface area contributed by atoms with E-state index in [0.29, 0.717) is 46.9 Å². The standard InChI is InChI=1S/C25H24N4O6/c1-15-23-19(27-28-22(30)14-16-10-12-17(13-11-16)29(32)33)7-5-9-21(23)35-24(15)25(31)26-18-6-3-4-8-20(18)34-2/h3-4,6,8,10-13H,5,7,9,14H2,1-2H3,(H,26,31)(H,28,30)/b27-19+. The SMILES string of the molecule is COc1ccccc1NC(=O)c1oc2c(c1C)/C(=N/NC(=O)Cc1ccc([N+](=O)[O-])cc1)CCC2. The Morgan fingerprint density at radius 3 is 2.60 bits per heavy atom. The number of nitro benzene ring substituents is 1. The van der Waals surface area contributed by atoms with Crippen molar-refractivity contribution in [3.05, 3.63) is 86.9 Å². The van der Waals surface area contributed by atoms with Gasteiger partial charge in [0.05, 0.1) is 29.9 Å². The second-order valence-corrected chi connectivity index (χ2v) is 8.06. The fourth-order valence-corrected chi connectivity index (χ4v) is 4.01. The lowest BCUT2D eigenvalue weighted by Gasteiger charge is -2.13. The van der Waals surface area contributed by atoms with E-state index in [4.69, 9.17) is 9.15 Å². The molecule has 0 radical (unpaired) electrons. The number of para-hydroxylation sites is 2. The minimum atomic E-state index is -0.491. The number of non-ortho nitro benzene ring substituents is 1. The summed E-state index contributed by atoms with van der Waals surface area (Å²) in [5.74, 6) is 0.625. The van der Waals surface area contributed by atoms with Gasteiger partial charge in [0.1, 0.15) is 11.5 Å². The van der Waals surface area contributed by atoms with Crippen LogP contribution >= 0.6 is 0 Å². The highest BCUT2D eigenvalue weighted by Crippen LogP contribution is 2.31. The molecular weight excluding hydrogens is 452 g/mol. The van der Waals surface area contributed by atoms with Crippen LogP contribution in [-0.2, 0) is 17.6 Å². The van der Waals surface area contributed by atoms with Crippen molar-refractivity contribution in [1.29, 1.82) is 0 Å². The summed E-state index contributed by atoms with van der Waals surface area (Å²) in [6.07, 6.45) is 2.08. The first-order valence-electron chi connectivity index (χ1n) is 11.0. The van der Waals surface area contributed by atoms with E-state index in [9.17, 15) is 19.7 Å². The smallest absolute Gasteiger partial charge is 0.291 e. The molecule has 0 bridgehead atoms. The fraction of sp³-hybridized carbons (Fsp3) is 0.240. The van der Waals surface area contributed by atoms with Crippen LogP contribution in [0, 0.1) is 17.0 Å².